The fraction of sp³-hybridized carbons (Fsp3) is 0.278. The zero-order valence-electron chi connectivity index (χ0n) is 13.4. The highest BCUT2D eigenvalue weighted by atomic mass is 35.5. The zero-order chi connectivity index (χ0) is 17.0. The van der Waals surface area contributed by atoms with Crippen LogP contribution >= 0.6 is 23.2 Å². The average Bonchev–Trinajstić information content (AvgIpc) is 2.48. The highest BCUT2D eigenvalue weighted by Gasteiger charge is 2.12. The number of carbonyl (C=O) groups is 1. The average molecular weight is 351 g/mol. The summed E-state index contributed by atoms with van der Waals surface area (Å²) in [5.74, 6) is -0.0890. The lowest BCUT2D eigenvalue weighted by molar-refractivity contribution is -0.115. The lowest BCUT2D eigenvalue weighted by atomic mass is 10.1. The zero-order valence-corrected chi connectivity index (χ0v) is 14.9. The Labute approximate surface area is 147 Å². The molecule has 2 N–H and O–H groups in total. The van der Waals surface area contributed by atoms with E-state index in [1.54, 1.807) is 12.1 Å². The van der Waals surface area contributed by atoms with Crippen LogP contribution in [0.15, 0.2) is 36.4 Å². The Morgan fingerprint density at radius 3 is 2.52 bits per heavy atom. The molecule has 0 saturated heterocycles. The summed E-state index contributed by atoms with van der Waals surface area (Å²) < 4.78 is 0. The lowest BCUT2D eigenvalue weighted by Crippen LogP contribution is -2.30. The van der Waals surface area contributed by atoms with E-state index < -0.39 is 0 Å². The standard InChI is InChI=1S/C18H20Cl2N2O/c1-11-4-7-17(12(2)8-11)22-18(23)10-21-13(3)15-6-5-14(19)9-16(15)20/h4-9,13,21H,10H2,1-3H3,(H,22,23)/t13-/m0/s1. The molecular weight excluding hydrogens is 331 g/mol. The largest absolute Gasteiger partial charge is 0.325 e. The second-order valence-electron chi connectivity index (χ2n) is 5.63. The third-order valence-electron chi connectivity index (χ3n) is 3.65. The SMILES string of the molecule is Cc1ccc(NC(=O)CN[C@@H](C)c2ccc(Cl)cc2Cl)c(C)c1. The Balaban J connectivity index is 1.93. The van der Waals surface area contributed by atoms with Gasteiger partial charge in [0.15, 0.2) is 0 Å². The number of nitrogens with one attached hydrogen (secondary N) is 2. The van der Waals surface area contributed by atoms with Gasteiger partial charge >= 0.3 is 0 Å². The van der Waals surface area contributed by atoms with Crippen LogP contribution in [0.2, 0.25) is 10.0 Å². The molecule has 3 nitrogen and oxygen atoms in total. The summed E-state index contributed by atoms with van der Waals surface area (Å²) in [6, 6.07) is 11.2. The first kappa shape index (κ1) is 17.8. The van der Waals surface area contributed by atoms with Crippen LogP contribution in [0.1, 0.15) is 29.7 Å². The molecule has 1 amide bonds. The van der Waals surface area contributed by atoms with E-state index in [-0.39, 0.29) is 18.5 Å². The van der Waals surface area contributed by atoms with Gasteiger partial charge in [-0.05, 0) is 50.1 Å². The van der Waals surface area contributed by atoms with E-state index in [1.807, 2.05) is 45.0 Å². The number of rotatable bonds is 5. The van der Waals surface area contributed by atoms with Crippen molar-refractivity contribution in [3.8, 4) is 0 Å². The van der Waals surface area contributed by atoms with E-state index in [0.717, 1.165) is 16.8 Å². The Morgan fingerprint density at radius 1 is 1.13 bits per heavy atom. The number of amides is 1. The molecule has 0 aliphatic heterocycles. The van der Waals surface area contributed by atoms with Crippen molar-refractivity contribution in [3.63, 3.8) is 0 Å². The molecule has 122 valence electrons. The van der Waals surface area contributed by atoms with Crippen LogP contribution in [0.5, 0.6) is 0 Å². The van der Waals surface area contributed by atoms with Gasteiger partial charge in [-0.2, -0.15) is 0 Å². The van der Waals surface area contributed by atoms with Crippen molar-refractivity contribution in [1.29, 1.82) is 0 Å². The van der Waals surface area contributed by atoms with Crippen molar-refractivity contribution < 1.29 is 4.79 Å². The highest BCUT2D eigenvalue weighted by molar-refractivity contribution is 6.35. The fourth-order valence-corrected chi connectivity index (χ4v) is 2.93. The maximum absolute atomic E-state index is 12.1. The number of hydrogen-bond donors (Lipinski definition) is 2. The molecule has 0 aliphatic rings. The first-order chi connectivity index (χ1) is 10.9. The summed E-state index contributed by atoms with van der Waals surface area (Å²) in [6.45, 7) is 6.16. The quantitative estimate of drug-likeness (QED) is 0.804. The van der Waals surface area contributed by atoms with Crippen molar-refractivity contribution >= 4 is 34.8 Å². The predicted molar refractivity (Wildman–Crippen MR) is 97.4 cm³/mol. The Morgan fingerprint density at radius 2 is 1.87 bits per heavy atom. The van der Waals surface area contributed by atoms with Gasteiger partial charge in [0.25, 0.3) is 0 Å². The Bertz CT molecular complexity index is 716. The van der Waals surface area contributed by atoms with Crippen molar-refractivity contribution in [2.24, 2.45) is 0 Å². The monoisotopic (exact) mass is 350 g/mol. The first-order valence-electron chi connectivity index (χ1n) is 7.42. The number of hydrogen-bond acceptors (Lipinski definition) is 2. The molecule has 0 aliphatic carbocycles. The lowest BCUT2D eigenvalue weighted by Gasteiger charge is -2.16. The molecule has 0 saturated carbocycles. The van der Waals surface area contributed by atoms with Crippen molar-refractivity contribution in [1.82, 2.24) is 5.32 Å². The number of aryl methyl sites for hydroxylation is 2. The van der Waals surface area contributed by atoms with Gasteiger partial charge in [0.1, 0.15) is 0 Å². The van der Waals surface area contributed by atoms with E-state index in [1.165, 1.54) is 5.56 Å². The molecule has 0 radical (unpaired) electrons. The van der Waals surface area contributed by atoms with Gasteiger partial charge in [0.05, 0.1) is 6.54 Å². The van der Waals surface area contributed by atoms with Crippen LogP contribution in [0, 0.1) is 13.8 Å². The predicted octanol–water partition coefficient (Wildman–Crippen LogP) is 4.90. The Kier molecular flexibility index (Phi) is 6.05. The van der Waals surface area contributed by atoms with Gasteiger partial charge in [-0.15, -0.1) is 0 Å². The second kappa shape index (κ2) is 7.82. The molecule has 0 aromatic heterocycles. The number of anilines is 1. The summed E-state index contributed by atoms with van der Waals surface area (Å²) in [5, 5.41) is 7.27. The first-order valence-corrected chi connectivity index (χ1v) is 8.18. The van der Waals surface area contributed by atoms with Crippen molar-refractivity contribution in [3.05, 3.63) is 63.1 Å². The normalized spacial score (nSPS) is 12.0. The fourth-order valence-electron chi connectivity index (χ4n) is 2.36. The molecule has 2 rings (SSSR count). The van der Waals surface area contributed by atoms with Crippen LogP contribution in [-0.2, 0) is 4.79 Å². The summed E-state index contributed by atoms with van der Waals surface area (Å²) in [4.78, 5) is 12.1. The molecule has 2 aromatic carbocycles. The van der Waals surface area contributed by atoms with E-state index >= 15 is 0 Å². The molecule has 0 bridgehead atoms. The number of carbonyl (C=O) groups excluding carboxylic acids is 1. The van der Waals surface area contributed by atoms with E-state index in [2.05, 4.69) is 10.6 Å². The van der Waals surface area contributed by atoms with Crippen LogP contribution in [0.25, 0.3) is 0 Å². The Hall–Kier alpha value is -1.55. The molecule has 0 heterocycles. The van der Waals surface area contributed by atoms with Gasteiger partial charge in [-0.1, -0.05) is 47.0 Å². The second-order valence-corrected chi connectivity index (χ2v) is 6.48. The third kappa shape index (κ3) is 4.96. The van der Waals surface area contributed by atoms with Crippen LogP contribution in [0.3, 0.4) is 0 Å². The van der Waals surface area contributed by atoms with Gasteiger partial charge < -0.3 is 10.6 Å². The number of benzene rings is 2. The molecular formula is C18H20Cl2N2O. The molecule has 2 aromatic rings. The highest BCUT2D eigenvalue weighted by Crippen LogP contribution is 2.26. The van der Waals surface area contributed by atoms with Crippen LogP contribution in [0.4, 0.5) is 5.69 Å². The minimum Gasteiger partial charge on any atom is -0.325 e. The minimum absolute atomic E-state index is 0.0513. The van der Waals surface area contributed by atoms with E-state index in [0.29, 0.717) is 10.0 Å². The molecule has 0 spiro atoms. The summed E-state index contributed by atoms with van der Waals surface area (Å²) in [6.07, 6.45) is 0. The van der Waals surface area contributed by atoms with Gasteiger partial charge in [0.2, 0.25) is 5.91 Å². The summed E-state index contributed by atoms with van der Waals surface area (Å²) in [5.41, 5.74) is 3.96. The van der Waals surface area contributed by atoms with Crippen molar-refractivity contribution in [2.75, 3.05) is 11.9 Å². The molecule has 23 heavy (non-hydrogen) atoms. The minimum atomic E-state index is -0.0890. The summed E-state index contributed by atoms with van der Waals surface area (Å²) in [7, 11) is 0. The molecule has 0 fully saturated rings. The van der Waals surface area contributed by atoms with Crippen LogP contribution < -0.4 is 10.6 Å². The van der Waals surface area contributed by atoms with E-state index in [9.17, 15) is 4.79 Å². The van der Waals surface area contributed by atoms with Crippen LogP contribution in [-0.4, -0.2) is 12.5 Å². The molecule has 1 atom stereocenters. The summed E-state index contributed by atoms with van der Waals surface area (Å²) >= 11 is 12.1. The van der Waals surface area contributed by atoms with Crippen molar-refractivity contribution in [2.45, 2.75) is 26.8 Å². The third-order valence-corrected chi connectivity index (χ3v) is 4.22. The molecule has 0 unspecified atom stereocenters. The maximum Gasteiger partial charge on any atom is 0.238 e. The van der Waals surface area contributed by atoms with Gasteiger partial charge in [0, 0.05) is 21.8 Å². The topological polar surface area (TPSA) is 41.1 Å². The van der Waals surface area contributed by atoms with Gasteiger partial charge in [-0.3, -0.25) is 4.79 Å². The molecule has 5 heteroatoms. The number of halogens is 2. The smallest absolute Gasteiger partial charge is 0.238 e. The van der Waals surface area contributed by atoms with E-state index in [4.69, 9.17) is 23.2 Å². The van der Waals surface area contributed by atoms with Gasteiger partial charge in [-0.25, -0.2) is 0 Å². The maximum atomic E-state index is 12.1.